The van der Waals surface area contributed by atoms with E-state index in [9.17, 15) is 9.59 Å². The van der Waals surface area contributed by atoms with Crippen molar-refractivity contribution in [2.24, 2.45) is 0 Å². The second kappa shape index (κ2) is 10.4. The van der Waals surface area contributed by atoms with Gasteiger partial charge in [-0.3, -0.25) is 14.6 Å². The van der Waals surface area contributed by atoms with Gasteiger partial charge in [-0.2, -0.15) is 0 Å². The van der Waals surface area contributed by atoms with E-state index in [0.29, 0.717) is 6.61 Å². The maximum atomic E-state index is 11.9. The molecule has 22 heavy (non-hydrogen) atoms. The number of carbonyl (C=O) groups excluding carboxylic acids is 2. The number of rotatable bonds is 9. The highest BCUT2D eigenvalue weighted by molar-refractivity contribution is 5.78. The Bertz CT molecular complexity index is 511. The van der Waals surface area contributed by atoms with Crippen molar-refractivity contribution in [1.29, 1.82) is 0 Å². The lowest BCUT2D eigenvalue weighted by Crippen LogP contribution is -2.31. The molecule has 0 spiro atoms. The fourth-order valence-electron chi connectivity index (χ4n) is 1.78. The van der Waals surface area contributed by atoms with E-state index in [-0.39, 0.29) is 37.9 Å². The standard InChI is InChI=1S/C16H20N2O4/c1-3-9-21-10-7-15(19)18-14(11-16(20)22-4-2)13-6-5-8-17-12-13/h1,5-6,8,12,14H,4,7,9-11H2,2H3,(H,18,19)/t14-/m1/s1. The minimum atomic E-state index is -0.479. The molecule has 1 aromatic heterocycles. The molecule has 1 aromatic rings. The molecule has 0 aromatic carbocycles. The summed E-state index contributed by atoms with van der Waals surface area (Å²) in [5.74, 6) is 1.72. The van der Waals surface area contributed by atoms with Crippen LogP contribution in [0.25, 0.3) is 0 Å². The molecule has 0 saturated carbocycles. The van der Waals surface area contributed by atoms with Gasteiger partial charge >= 0.3 is 5.97 Å². The van der Waals surface area contributed by atoms with Gasteiger partial charge in [0.25, 0.3) is 0 Å². The number of terminal acetylenes is 1. The molecule has 1 amide bonds. The molecule has 0 unspecified atom stereocenters. The highest BCUT2D eigenvalue weighted by atomic mass is 16.5. The van der Waals surface area contributed by atoms with E-state index in [4.69, 9.17) is 15.9 Å². The first-order valence-corrected chi connectivity index (χ1v) is 7.03. The zero-order valence-corrected chi connectivity index (χ0v) is 12.6. The van der Waals surface area contributed by atoms with Crippen molar-refractivity contribution < 1.29 is 19.1 Å². The summed E-state index contributed by atoms with van der Waals surface area (Å²) in [5.41, 5.74) is 0.744. The van der Waals surface area contributed by atoms with Crippen LogP contribution in [-0.4, -0.2) is 36.7 Å². The first-order chi connectivity index (χ1) is 10.7. The van der Waals surface area contributed by atoms with E-state index in [0.717, 1.165) is 5.56 Å². The lowest BCUT2D eigenvalue weighted by Gasteiger charge is -2.18. The van der Waals surface area contributed by atoms with Crippen LogP contribution in [0.5, 0.6) is 0 Å². The van der Waals surface area contributed by atoms with Crippen molar-refractivity contribution in [3.8, 4) is 12.3 Å². The Morgan fingerprint density at radius 2 is 2.32 bits per heavy atom. The van der Waals surface area contributed by atoms with E-state index in [2.05, 4.69) is 16.2 Å². The van der Waals surface area contributed by atoms with E-state index >= 15 is 0 Å². The van der Waals surface area contributed by atoms with Crippen molar-refractivity contribution in [3.63, 3.8) is 0 Å². The van der Waals surface area contributed by atoms with Crippen LogP contribution in [0.3, 0.4) is 0 Å². The summed E-state index contributed by atoms with van der Waals surface area (Å²) in [5, 5.41) is 2.79. The van der Waals surface area contributed by atoms with Gasteiger partial charge in [-0.15, -0.1) is 6.42 Å². The summed E-state index contributed by atoms with van der Waals surface area (Å²) in [6.07, 6.45) is 8.51. The van der Waals surface area contributed by atoms with E-state index in [1.54, 1.807) is 31.5 Å². The third-order valence-electron chi connectivity index (χ3n) is 2.76. The molecule has 0 saturated heterocycles. The molecular weight excluding hydrogens is 284 g/mol. The SMILES string of the molecule is C#CCOCCC(=O)N[C@H](CC(=O)OCC)c1cccnc1. The Labute approximate surface area is 130 Å². The largest absolute Gasteiger partial charge is 0.466 e. The number of hydrogen-bond acceptors (Lipinski definition) is 5. The number of esters is 1. The summed E-state index contributed by atoms with van der Waals surface area (Å²) in [6, 6.07) is 3.06. The molecule has 0 aliphatic heterocycles. The summed E-state index contributed by atoms with van der Waals surface area (Å²) in [4.78, 5) is 27.6. The van der Waals surface area contributed by atoms with Gasteiger partial charge in [-0.25, -0.2) is 0 Å². The van der Waals surface area contributed by atoms with Gasteiger partial charge in [0.15, 0.2) is 0 Å². The van der Waals surface area contributed by atoms with Crippen LogP contribution in [0.1, 0.15) is 31.4 Å². The fraction of sp³-hybridized carbons (Fsp3) is 0.438. The normalized spacial score (nSPS) is 11.3. The van der Waals surface area contributed by atoms with E-state index < -0.39 is 6.04 Å². The maximum Gasteiger partial charge on any atom is 0.308 e. The Balaban J connectivity index is 2.60. The van der Waals surface area contributed by atoms with E-state index in [1.807, 2.05) is 0 Å². The highest BCUT2D eigenvalue weighted by Crippen LogP contribution is 2.16. The minimum absolute atomic E-state index is 0.0521. The van der Waals surface area contributed by atoms with Crippen LogP contribution < -0.4 is 5.32 Å². The molecule has 6 heteroatoms. The maximum absolute atomic E-state index is 11.9. The van der Waals surface area contributed by atoms with Crippen molar-refractivity contribution in [1.82, 2.24) is 10.3 Å². The smallest absolute Gasteiger partial charge is 0.308 e. The minimum Gasteiger partial charge on any atom is -0.466 e. The number of ether oxygens (including phenoxy) is 2. The Morgan fingerprint density at radius 1 is 1.50 bits per heavy atom. The second-order valence-corrected chi connectivity index (χ2v) is 4.42. The molecule has 0 fully saturated rings. The van der Waals surface area contributed by atoms with Gasteiger partial charge < -0.3 is 14.8 Å². The Kier molecular flexibility index (Phi) is 8.31. The zero-order valence-electron chi connectivity index (χ0n) is 12.6. The number of hydrogen-bond donors (Lipinski definition) is 1. The third-order valence-corrected chi connectivity index (χ3v) is 2.76. The molecule has 1 rings (SSSR count). The van der Waals surface area contributed by atoms with Crippen molar-refractivity contribution in [2.75, 3.05) is 19.8 Å². The number of carbonyl (C=O) groups is 2. The number of aromatic nitrogens is 1. The number of nitrogens with one attached hydrogen (secondary N) is 1. The average Bonchev–Trinajstić information content (AvgIpc) is 2.52. The molecule has 0 aliphatic rings. The molecule has 118 valence electrons. The lowest BCUT2D eigenvalue weighted by atomic mass is 10.1. The summed E-state index contributed by atoms with van der Waals surface area (Å²) in [6.45, 7) is 2.43. The molecular formula is C16H20N2O4. The topological polar surface area (TPSA) is 77.5 Å². The molecule has 6 nitrogen and oxygen atoms in total. The molecule has 0 radical (unpaired) electrons. The zero-order chi connectivity index (χ0) is 16.2. The summed E-state index contributed by atoms with van der Waals surface area (Å²) >= 11 is 0. The third kappa shape index (κ3) is 6.86. The van der Waals surface area contributed by atoms with Crippen LogP contribution in [-0.2, 0) is 19.1 Å². The van der Waals surface area contributed by atoms with Crippen molar-refractivity contribution in [3.05, 3.63) is 30.1 Å². The van der Waals surface area contributed by atoms with Gasteiger partial charge in [0, 0.05) is 12.4 Å². The molecule has 0 bridgehead atoms. The highest BCUT2D eigenvalue weighted by Gasteiger charge is 2.19. The summed E-state index contributed by atoms with van der Waals surface area (Å²) < 4.78 is 9.99. The van der Waals surface area contributed by atoms with Crippen LogP contribution in [0.2, 0.25) is 0 Å². The van der Waals surface area contributed by atoms with Gasteiger partial charge in [0.2, 0.25) is 5.91 Å². The Morgan fingerprint density at radius 3 is 2.95 bits per heavy atom. The fourth-order valence-corrected chi connectivity index (χ4v) is 1.78. The van der Waals surface area contributed by atoms with Gasteiger partial charge in [0.1, 0.15) is 6.61 Å². The van der Waals surface area contributed by atoms with Gasteiger partial charge in [-0.1, -0.05) is 12.0 Å². The predicted molar refractivity (Wildman–Crippen MR) is 80.6 cm³/mol. The lowest BCUT2D eigenvalue weighted by molar-refractivity contribution is -0.143. The predicted octanol–water partition coefficient (Wildman–Crippen LogP) is 1.23. The number of amides is 1. The second-order valence-electron chi connectivity index (χ2n) is 4.42. The van der Waals surface area contributed by atoms with Crippen LogP contribution in [0.15, 0.2) is 24.5 Å². The van der Waals surface area contributed by atoms with Gasteiger partial charge in [-0.05, 0) is 18.6 Å². The quantitative estimate of drug-likeness (QED) is 0.422. The molecule has 1 N–H and O–H groups in total. The number of pyridine rings is 1. The first kappa shape index (κ1) is 17.7. The molecule has 1 atom stereocenters. The Hall–Kier alpha value is -2.39. The van der Waals surface area contributed by atoms with Gasteiger partial charge in [0.05, 0.1) is 32.1 Å². The average molecular weight is 304 g/mol. The molecule has 1 heterocycles. The van der Waals surface area contributed by atoms with Crippen LogP contribution in [0, 0.1) is 12.3 Å². The van der Waals surface area contributed by atoms with Crippen molar-refractivity contribution >= 4 is 11.9 Å². The first-order valence-electron chi connectivity index (χ1n) is 7.03. The van der Waals surface area contributed by atoms with Crippen LogP contribution >= 0.6 is 0 Å². The summed E-state index contributed by atoms with van der Waals surface area (Å²) in [7, 11) is 0. The number of nitrogens with zero attached hydrogens (tertiary/aromatic N) is 1. The molecule has 0 aliphatic carbocycles. The monoisotopic (exact) mass is 304 g/mol. The van der Waals surface area contributed by atoms with Crippen molar-refractivity contribution in [2.45, 2.75) is 25.8 Å². The van der Waals surface area contributed by atoms with E-state index in [1.165, 1.54) is 0 Å². The van der Waals surface area contributed by atoms with Crippen LogP contribution in [0.4, 0.5) is 0 Å².